The molecule has 1 aromatic carbocycles. The molecule has 2 aliphatic heterocycles. The van der Waals surface area contributed by atoms with Crippen molar-refractivity contribution in [1.29, 1.82) is 0 Å². The number of aryl methyl sites for hydroxylation is 2. The van der Waals surface area contributed by atoms with E-state index in [-0.39, 0.29) is 62.5 Å². The molecule has 2 aliphatic carbocycles. The standard InChI is InChI=1S/C68H113N25O11P2/c69-57(65(97)78-46-105(99,100)101)17-19-61(94)75-32-21-63(96)91-37-24-51(25-38-91)81-64-56-15-4-5-16-59(56)83-68(85-64)77-43-55-45-93(89-87-55)34-10-29-72-27-8-31-74-52-14-6-11-48(39-52)40-53-41-60(80-50-22-35-90(36-23-50)62(95)20-18-58(70)66(98)79-47-106(102,103)104)84-67(82-53)76-42-54-44-92(88-86-54)33-9-28-71-26-7-30-73-49-12-2-1-3-13-49/h4-5,15-16,41,44-45,48-52,57-58,71-74H,1-3,6-14,17-40,42-43,46-47,69-70H2,(H,75,94)(H,78,97)(H,79,98)(H2,99,100,101)(H2,102,103,104)(H2,76,80,82,84)(H2,77,81,83,85)/t48?,52?,57-,58-/m0/s1. The number of piperidine rings is 2. The van der Waals surface area contributed by atoms with Crippen molar-refractivity contribution >= 4 is 79.2 Å². The maximum atomic E-state index is 13.2. The number of rotatable bonds is 45. The fourth-order valence-electron chi connectivity index (χ4n) is 13.8. The van der Waals surface area contributed by atoms with Crippen molar-refractivity contribution in [3.05, 3.63) is 59.8 Å². The Bertz CT molecular complexity index is 3650. The van der Waals surface area contributed by atoms with E-state index >= 15 is 0 Å². The highest BCUT2D eigenvalue weighted by Gasteiger charge is 2.29. The van der Waals surface area contributed by atoms with Gasteiger partial charge >= 0.3 is 15.2 Å². The third kappa shape index (κ3) is 29.9. The van der Waals surface area contributed by atoms with Crippen LogP contribution in [0.3, 0.4) is 0 Å². The number of nitrogens with one attached hydrogen (secondary N) is 11. The lowest BCUT2D eigenvalue weighted by atomic mass is 9.83. The van der Waals surface area contributed by atoms with Crippen LogP contribution in [0.15, 0.2) is 42.7 Å². The second-order valence-electron chi connectivity index (χ2n) is 28.4. The third-order valence-electron chi connectivity index (χ3n) is 19.7. The Hall–Kier alpha value is -7.47. The number of nitrogens with zero attached hydrogens (tertiary/aromatic N) is 12. The summed E-state index contributed by atoms with van der Waals surface area (Å²) in [5.74, 6) is 0.690. The summed E-state index contributed by atoms with van der Waals surface area (Å²) in [7, 11) is -8.87. The highest BCUT2D eigenvalue weighted by Crippen LogP contribution is 2.34. The SMILES string of the molecule is N[C@@H](CCC(=O)NCCC(=O)N1CCC(Nc2nc(NCc3cn(CCCNCCCNC4CCCC(Cc5cc(NC6CCN(C(=O)CC[C@H](N)C(=O)NCP(=O)(O)O)CC6)nc(NCc6cn(CCCNCCCNC7CCCCC7)nn6)n5)C4)nn3)nc3ccccc23)CC1)C(=O)NCP(=O)(O)O. The van der Waals surface area contributed by atoms with Gasteiger partial charge in [-0.05, 0) is 160 Å². The van der Waals surface area contributed by atoms with E-state index in [4.69, 9.17) is 51.0 Å². The van der Waals surface area contributed by atoms with E-state index < -0.39 is 57.6 Å². The zero-order valence-electron chi connectivity index (χ0n) is 60.9. The first-order chi connectivity index (χ1) is 51.1. The second-order valence-corrected chi connectivity index (χ2v) is 31.7. The Labute approximate surface area is 619 Å². The van der Waals surface area contributed by atoms with Crippen molar-refractivity contribution in [3.8, 4) is 0 Å². The zero-order chi connectivity index (χ0) is 75.1. The molecule has 4 aliphatic rings. The van der Waals surface area contributed by atoms with Gasteiger partial charge in [0.25, 0.3) is 0 Å². The van der Waals surface area contributed by atoms with E-state index in [9.17, 15) is 33.1 Å². The number of benzene rings is 1. The third-order valence-corrected chi connectivity index (χ3v) is 20.8. The first kappa shape index (κ1) is 82.6. The van der Waals surface area contributed by atoms with Crippen LogP contribution in [0.1, 0.15) is 158 Å². The quantitative estimate of drug-likeness (QED) is 0.0195. The van der Waals surface area contributed by atoms with Crippen molar-refractivity contribution in [3.63, 3.8) is 0 Å². The van der Waals surface area contributed by atoms with Gasteiger partial charge in [0.2, 0.25) is 41.4 Å². The van der Waals surface area contributed by atoms with Gasteiger partial charge in [-0.1, -0.05) is 48.2 Å². The monoisotopic (exact) mass is 1520 g/mol. The molecule has 0 radical (unpaired) electrons. The van der Waals surface area contributed by atoms with Crippen LogP contribution >= 0.6 is 15.2 Å². The first-order valence-electron chi connectivity index (χ1n) is 37.9. The van der Waals surface area contributed by atoms with E-state index in [1.165, 1.54) is 32.1 Å². The fourth-order valence-corrected chi connectivity index (χ4v) is 14.5. The Morgan fingerprint density at radius 3 is 1.68 bits per heavy atom. The van der Waals surface area contributed by atoms with Crippen LogP contribution in [0, 0.1) is 5.92 Å². The molecule has 0 bridgehead atoms. The second kappa shape index (κ2) is 42.9. The molecule has 9 rings (SSSR count). The minimum atomic E-state index is -4.44. The van der Waals surface area contributed by atoms with Crippen molar-refractivity contribution < 1.29 is 52.7 Å². The molecule has 4 aromatic heterocycles. The maximum absolute atomic E-state index is 13.2. The highest BCUT2D eigenvalue weighted by atomic mass is 31.2. The van der Waals surface area contributed by atoms with Gasteiger partial charge in [0.15, 0.2) is 0 Å². The Balaban J connectivity index is 0.661. The molecule has 19 N–H and O–H groups in total. The molecule has 36 nitrogen and oxygen atoms in total. The molecule has 106 heavy (non-hydrogen) atoms. The van der Waals surface area contributed by atoms with Crippen LogP contribution in [0.25, 0.3) is 10.9 Å². The first-order valence-corrected chi connectivity index (χ1v) is 41.5. The van der Waals surface area contributed by atoms with Crippen molar-refractivity contribution in [2.75, 3.05) is 106 Å². The summed E-state index contributed by atoms with van der Waals surface area (Å²) in [6, 6.07) is 8.85. The summed E-state index contributed by atoms with van der Waals surface area (Å²) >= 11 is 0. The molecule has 4 fully saturated rings. The average molecular weight is 1520 g/mol. The Kier molecular flexibility index (Phi) is 33.4. The molecule has 586 valence electrons. The van der Waals surface area contributed by atoms with E-state index in [1.54, 1.807) is 9.80 Å². The number of carbonyl (C=O) groups excluding carboxylic acids is 5. The largest absolute Gasteiger partial charge is 0.367 e. The van der Waals surface area contributed by atoms with E-state index in [1.807, 2.05) is 46.0 Å². The van der Waals surface area contributed by atoms with E-state index in [0.29, 0.717) is 113 Å². The van der Waals surface area contributed by atoms with Gasteiger partial charge in [-0.25, -0.2) is 9.97 Å². The van der Waals surface area contributed by atoms with Gasteiger partial charge < -0.3 is 99.3 Å². The maximum Gasteiger partial charge on any atom is 0.344 e. The molecule has 6 heterocycles. The highest BCUT2D eigenvalue weighted by molar-refractivity contribution is 7.52. The topological polar surface area (TPSA) is 504 Å². The lowest BCUT2D eigenvalue weighted by Gasteiger charge is -2.33. The summed E-state index contributed by atoms with van der Waals surface area (Å²) in [5.41, 5.74) is 15.0. The van der Waals surface area contributed by atoms with Crippen LogP contribution in [-0.2, 0) is 65.7 Å². The lowest BCUT2D eigenvalue weighted by Crippen LogP contribution is -2.44. The van der Waals surface area contributed by atoms with Crippen LogP contribution in [-0.4, -0.2) is 230 Å². The number of hydrogen-bond acceptors (Lipinski definition) is 25. The summed E-state index contributed by atoms with van der Waals surface area (Å²) in [6.07, 6.45) is 20.9. The smallest absolute Gasteiger partial charge is 0.344 e. The van der Waals surface area contributed by atoms with Crippen LogP contribution in [0.2, 0.25) is 0 Å². The molecule has 2 saturated carbocycles. The van der Waals surface area contributed by atoms with Gasteiger partial charge in [-0.15, -0.1) is 10.2 Å². The molecule has 5 amide bonds. The molecular weight excluding hydrogens is 1400 g/mol. The Morgan fingerprint density at radius 1 is 0.538 bits per heavy atom. The number of fused-ring (bicyclic) bond motifs is 1. The predicted molar refractivity (Wildman–Crippen MR) is 401 cm³/mol. The molecule has 5 aromatic rings. The van der Waals surface area contributed by atoms with Gasteiger partial charge in [-0.3, -0.25) is 42.5 Å². The van der Waals surface area contributed by atoms with Gasteiger partial charge in [0.1, 0.15) is 35.6 Å². The summed E-state index contributed by atoms with van der Waals surface area (Å²) in [5, 5.41) is 54.2. The normalized spacial score (nSPS) is 17.8. The number of amides is 5. The number of aromatic nitrogens is 10. The zero-order valence-corrected chi connectivity index (χ0v) is 62.7. The average Bonchev–Trinajstić information content (AvgIpc) is 0.850. The number of anilines is 4. The van der Waals surface area contributed by atoms with Crippen LogP contribution < -0.4 is 70.0 Å². The molecule has 38 heteroatoms. The number of para-hydroxylation sites is 1. The van der Waals surface area contributed by atoms with E-state index in [2.05, 4.69) is 85.2 Å². The Morgan fingerprint density at radius 2 is 1.08 bits per heavy atom. The van der Waals surface area contributed by atoms with E-state index in [0.717, 1.165) is 132 Å². The van der Waals surface area contributed by atoms with Gasteiger partial charge in [-0.2, -0.15) is 9.97 Å². The lowest BCUT2D eigenvalue weighted by molar-refractivity contribution is -0.133. The van der Waals surface area contributed by atoms with Crippen molar-refractivity contribution in [2.24, 2.45) is 17.4 Å². The minimum absolute atomic E-state index is 0.0292. The molecular formula is C68H113N25O11P2. The minimum Gasteiger partial charge on any atom is -0.367 e. The van der Waals surface area contributed by atoms with Crippen LogP contribution in [0.4, 0.5) is 23.5 Å². The van der Waals surface area contributed by atoms with Crippen molar-refractivity contribution in [1.82, 2.24) is 96.9 Å². The van der Waals surface area contributed by atoms with Crippen molar-refractivity contribution in [2.45, 2.75) is 210 Å². The molecule has 0 spiro atoms. The predicted octanol–water partition coefficient (Wildman–Crippen LogP) is 1.91. The van der Waals surface area contributed by atoms with Gasteiger partial charge in [0, 0.05) is 106 Å². The summed E-state index contributed by atoms with van der Waals surface area (Å²) in [6.45, 7) is 10.0. The van der Waals surface area contributed by atoms with Gasteiger partial charge in [0.05, 0.1) is 43.1 Å². The molecule has 4 atom stereocenters. The number of likely N-dealkylation sites (tertiary alicyclic amines) is 2. The summed E-state index contributed by atoms with van der Waals surface area (Å²) in [4.78, 5) is 122. The number of nitrogens with two attached hydrogens (primary N) is 2. The molecule has 2 saturated heterocycles. The number of carbonyl (C=O) groups is 5. The molecule has 2 unspecified atom stereocenters. The van der Waals surface area contributed by atoms with Crippen LogP contribution in [0.5, 0.6) is 0 Å². The fraction of sp³-hybridized carbons (Fsp3) is 0.691. The number of hydrogen-bond donors (Lipinski definition) is 17. The summed E-state index contributed by atoms with van der Waals surface area (Å²) < 4.78 is 26.0.